The molecular formula is C14H13Cl3N2O. The molecule has 0 saturated heterocycles. The standard InChI is InChI=1S/C14H13Cl3N2O/c1-8(20-2)7-11-18-13(16)12(14(17)19-11)9-5-3-4-6-10(9)15/h3-6,8H,7H2,1-2H3. The molecule has 6 heteroatoms. The maximum Gasteiger partial charge on any atom is 0.142 e. The topological polar surface area (TPSA) is 35.0 Å². The van der Waals surface area contributed by atoms with Crippen molar-refractivity contribution < 1.29 is 4.74 Å². The number of aromatic nitrogens is 2. The van der Waals surface area contributed by atoms with Gasteiger partial charge in [0.15, 0.2) is 0 Å². The van der Waals surface area contributed by atoms with Crippen LogP contribution in [0.15, 0.2) is 24.3 Å². The van der Waals surface area contributed by atoms with E-state index >= 15 is 0 Å². The average molecular weight is 332 g/mol. The molecule has 1 heterocycles. The molecule has 0 saturated carbocycles. The zero-order valence-corrected chi connectivity index (χ0v) is 13.3. The van der Waals surface area contributed by atoms with Crippen molar-refractivity contribution in [1.82, 2.24) is 9.97 Å². The minimum absolute atomic E-state index is 0.00621. The Morgan fingerprint density at radius 2 is 1.70 bits per heavy atom. The first-order valence-electron chi connectivity index (χ1n) is 6.02. The Kier molecular flexibility index (Phi) is 5.22. The van der Waals surface area contributed by atoms with Gasteiger partial charge >= 0.3 is 0 Å². The van der Waals surface area contributed by atoms with Gasteiger partial charge in [0.1, 0.15) is 16.1 Å². The molecule has 0 spiro atoms. The van der Waals surface area contributed by atoms with E-state index in [4.69, 9.17) is 39.5 Å². The minimum Gasteiger partial charge on any atom is -0.381 e. The third kappa shape index (κ3) is 3.41. The van der Waals surface area contributed by atoms with E-state index in [2.05, 4.69) is 9.97 Å². The van der Waals surface area contributed by atoms with E-state index in [9.17, 15) is 0 Å². The Labute approximate surface area is 132 Å². The molecule has 20 heavy (non-hydrogen) atoms. The second-order valence-electron chi connectivity index (χ2n) is 4.33. The molecule has 0 N–H and O–H groups in total. The van der Waals surface area contributed by atoms with Crippen molar-refractivity contribution in [2.75, 3.05) is 7.11 Å². The Morgan fingerprint density at radius 1 is 1.10 bits per heavy atom. The Hall–Kier alpha value is -0.870. The lowest BCUT2D eigenvalue weighted by molar-refractivity contribution is 0.117. The van der Waals surface area contributed by atoms with Crippen LogP contribution in [0.4, 0.5) is 0 Å². The smallest absolute Gasteiger partial charge is 0.142 e. The van der Waals surface area contributed by atoms with Gasteiger partial charge in [0.05, 0.1) is 11.7 Å². The number of hydrogen-bond donors (Lipinski definition) is 0. The Bertz CT molecular complexity index is 596. The fourth-order valence-corrected chi connectivity index (χ4v) is 2.62. The van der Waals surface area contributed by atoms with Crippen LogP contribution in [-0.4, -0.2) is 23.2 Å². The monoisotopic (exact) mass is 330 g/mol. The number of hydrogen-bond acceptors (Lipinski definition) is 3. The molecule has 2 rings (SSSR count). The van der Waals surface area contributed by atoms with E-state index in [1.807, 2.05) is 25.1 Å². The van der Waals surface area contributed by atoms with Gasteiger partial charge in [-0.1, -0.05) is 53.0 Å². The molecule has 0 radical (unpaired) electrons. The highest BCUT2D eigenvalue weighted by molar-refractivity contribution is 6.40. The normalized spacial score (nSPS) is 12.4. The van der Waals surface area contributed by atoms with E-state index in [1.165, 1.54) is 0 Å². The summed E-state index contributed by atoms with van der Waals surface area (Å²) in [6.45, 7) is 1.92. The Morgan fingerprint density at radius 3 is 2.25 bits per heavy atom. The van der Waals surface area contributed by atoms with Crippen LogP contribution >= 0.6 is 34.8 Å². The lowest BCUT2D eigenvalue weighted by Gasteiger charge is -2.12. The summed E-state index contributed by atoms with van der Waals surface area (Å²) < 4.78 is 5.18. The van der Waals surface area contributed by atoms with E-state index in [1.54, 1.807) is 13.2 Å². The third-order valence-electron chi connectivity index (χ3n) is 2.88. The van der Waals surface area contributed by atoms with Gasteiger partial charge in [0.25, 0.3) is 0 Å². The number of benzene rings is 1. The highest BCUT2D eigenvalue weighted by Gasteiger charge is 2.16. The lowest BCUT2D eigenvalue weighted by Crippen LogP contribution is -2.12. The summed E-state index contributed by atoms with van der Waals surface area (Å²) in [6.07, 6.45) is 0.534. The minimum atomic E-state index is -0.00621. The molecule has 0 amide bonds. The zero-order chi connectivity index (χ0) is 14.7. The lowest BCUT2D eigenvalue weighted by atomic mass is 10.1. The van der Waals surface area contributed by atoms with Crippen molar-refractivity contribution in [3.63, 3.8) is 0 Å². The van der Waals surface area contributed by atoms with E-state index in [-0.39, 0.29) is 16.4 Å². The van der Waals surface area contributed by atoms with Gasteiger partial charge in [-0.25, -0.2) is 9.97 Å². The molecular weight excluding hydrogens is 319 g/mol. The molecule has 1 unspecified atom stereocenters. The average Bonchev–Trinajstić information content (AvgIpc) is 2.40. The van der Waals surface area contributed by atoms with Crippen LogP contribution in [0.2, 0.25) is 15.3 Å². The van der Waals surface area contributed by atoms with Crippen LogP contribution in [0.3, 0.4) is 0 Å². The highest BCUT2D eigenvalue weighted by atomic mass is 35.5. The summed E-state index contributed by atoms with van der Waals surface area (Å²) in [4.78, 5) is 8.54. The number of ether oxygens (including phenoxy) is 1. The number of methoxy groups -OCH3 is 1. The molecule has 0 aliphatic heterocycles. The number of rotatable bonds is 4. The van der Waals surface area contributed by atoms with Crippen molar-refractivity contribution in [3.05, 3.63) is 45.4 Å². The quantitative estimate of drug-likeness (QED) is 0.763. The second kappa shape index (κ2) is 6.72. The molecule has 106 valence electrons. The first kappa shape index (κ1) is 15.5. The maximum absolute atomic E-state index is 6.23. The van der Waals surface area contributed by atoms with Gasteiger partial charge in [0, 0.05) is 24.1 Å². The molecule has 0 fully saturated rings. The van der Waals surface area contributed by atoms with Crippen LogP contribution in [-0.2, 0) is 11.2 Å². The summed E-state index contributed by atoms with van der Waals surface area (Å²) in [7, 11) is 1.63. The van der Waals surface area contributed by atoms with Gasteiger partial charge < -0.3 is 4.74 Å². The molecule has 0 aliphatic carbocycles. The second-order valence-corrected chi connectivity index (χ2v) is 5.45. The van der Waals surface area contributed by atoms with Gasteiger partial charge in [-0.2, -0.15) is 0 Å². The Balaban J connectivity index is 2.44. The maximum atomic E-state index is 6.23. The van der Waals surface area contributed by atoms with E-state index in [0.717, 1.165) is 5.56 Å². The third-order valence-corrected chi connectivity index (χ3v) is 3.76. The van der Waals surface area contributed by atoms with Crippen molar-refractivity contribution in [3.8, 4) is 11.1 Å². The van der Waals surface area contributed by atoms with Crippen molar-refractivity contribution >= 4 is 34.8 Å². The van der Waals surface area contributed by atoms with Crippen LogP contribution in [0, 0.1) is 0 Å². The molecule has 0 bridgehead atoms. The van der Waals surface area contributed by atoms with Crippen molar-refractivity contribution in [1.29, 1.82) is 0 Å². The summed E-state index contributed by atoms with van der Waals surface area (Å²) in [5, 5.41) is 1.13. The molecule has 1 aromatic carbocycles. The molecule has 2 aromatic rings. The molecule has 0 aliphatic rings. The largest absolute Gasteiger partial charge is 0.381 e. The summed E-state index contributed by atoms with van der Waals surface area (Å²) in [5.74, 6) is 0.546. The fraction of sp³-hybridized carbons (Fsp3) is 0.286. The highest BCUT2D eigenvalue weighted by Crippen LogP contribution is 2.36. The molecule has 3 nitrogen and oxygen atoms in total. The van der Waals surface area contributed by atoms with Crippen LogP contribution < -0.4 is 0 Å². The van der Waals surface area contributed by atoms with Gasteiger partial charge in [-0.15, -0.1) is 0 Å². The van der Waals surface area contributed by atoms with E-state index < -0.39 is 0 Å². The van der Waals surface area contributed by atoms with E-state index in [0.29, 0.717) is 22.8 Å². The SMILES string of the molecule is COC(C)Cc1nc(Cl)c(-c2ccccc2Cl)c(Cl)n1. The summed E-state index contributed by atoms with van der Waals surface area (Å²) in [5.41, 5.74) is 1.27. The number of nitrogens with zero attached hydrogens (tertiary/aromatic N) is 2. The predicted molar refractivity (Wildman–Crippen MR) is 82.7 cm³/mol. The van der Waals surface area contributed by atoms with Crippen LogP contribution in [0.25, 0.3) is 11.1 Å². The van der Waals surface area contributed by atoms with Crippen molar-refractivity contribution in [2.24, 2.45) is 0 Å². The first-order valence-corrected chi connectivity index (χ1v) is 7.16. The van der Waals surface area contributed by atoms with Crippen LogP contribution in [0.1, 0.15) is 12.7 Å². The van der Waals surface area contributed by atoms with Crippen molar-refractivity contribution in [2.45, 2.75) is 19.4 Å². The van der Waals surface area contributed by atoms with Gasteiger partial charge in [-0.05, 0) is 13.0 Å². The predicted octanol–water partition coefficient (Wildman–Crippen LogP) is 4.68. The summed E-state index contributed by atoms with van der Waals surface area (Å²) >= 11 is 18.6. The van der Waals surface area contributed by atoms with Crippen LogP contribution in [0.5, 0.6) is 0 Å². The zero-order valence-electron chi connectivity index (χ0n) is 11.0. The first-order chi connectivity index (χ1) is 9.52. The summed E-state index contributed by atoms with van der Waals surface area (Å²) in [6, 6.07) is 7.29. The van der Waals surface area contributed by atoms with Gasteiger partial charge in [-0.3, -0.25) is 0 Å². The van der Waals surface area contributed by atoms with Gasteiger partial charge in [0.2, 0.25) is 0 Å². The molecule has 1 atom stereocenters. The fourth-order valence-electron chi connectivity index (χ4n) is 1.77. The number of halogens is 3. The molecule has 1 aromatic heterocycles.